The lowest BCUT2D eigenvalue weighted by Gasteiger charge is -2.05. The molecule has 0 saturated carbocycles. The van der Waals surface area contributed by atoms with Gasteiger partial charge < -0.3 is 10.5 Å². The largest absolute Gasteiger partial charge is 0.399 e. The van der Waals surface area contributed by atoms with E-state index in [9.17, 15) is 0 Å². The van der Waals surface area contributed by atoms with E-state index in [2.05, 4.69) is 10.1 Å². The molecule has 2 aromatic rings. The summed E-state index contributed by atoms with van der Waals surface area (Å²) in [7, 11) is 0. The number of hydrogen-bond acceptors (Lipinski definition) is 4. The van der Waals surface area contributed by atoms with Crippen LogP contribution in [0.5, 0.6) is 0 Å². The first kappa shape index (κ1) is 11.2. The fourth-order valence-electron chi connectivity index (χ4n) is 2.18. The van der Waals surface area contributed by atoms with Crippen LogP contribution in [0.4, 0.5) is 5.69 Å². The van der Waals surface area contributed by atoms with Crippen LogP contribution < -0.4 is 5.73 Å². The maximum atomic E-state index is 5.76. The quantitative estimate of drug-likeness (QED) is 0.832. The molecule has 1 aromatic heterocycles. The molecule has 0 amide bonds. The van der Waals surface area contributed by atoms with E-state index in [0.29, 0.717) is 5.92 Å². The van der Waals surface area contributed by atoms with Crippen molar-refractivity contribution in [3.63, 3.8) is 0 Å². The second-order valence-electron chi connectivity index (χ2n) is 4.65. The monoisotopic (exact) mass is 244 g/mol. The van der Waals surface area contributed by atoms with Crippen LogP contribution in [-0.2, 0) is 11.3 Å². The molecule has 0 spiro atoms. The minimum absolute atomic E-state index is 0.556. The topological polar surface area (TPSA) is 66.0 Å². The zero-order valence-electron chi connectivity index (χ0n) is 10.1. The fourth-order valence-corrected chi connectivity index (χ4v) is 2.18. The van der Waals surface area contributed by atoms with Crippen molar-refractivity contribution in [2.45, 2.75) is 13.0 Å². The SMILES string of the molecule is Nc1cccc(-c2ncn(CC3CCOC3)n2)c1. The highest BCUT2D eigenvalue weighted by Crippen LogP contribution is 2.18. The number of benzene rings is 1. The van der Waals surface area contributed by atoms with Crippen LogP contribution in [0.1, 0.15) is 6.42 Å². The highest BCUT2D eigenvalue weighted by atomic mass is 16.5. The molecule has 2 heterocycles. The summed E-state index contributed by atoms with van der Waals surface area (Å²) in [5.74, 6) is 1.28. The molecule has 2 N–H and O–H groups in total. The molecule has 1 atom stereocenters. The lowest BCUT2D eigenvalue weighted by atomic mass is 10.1. The Labute approximate surface area is 106 Å². The van der Waals surface area contributed by atoms with Crippen LogP contribution in [0.3, 0.4) is 0 Å². The first-order valence-electron chi connectivity index (χ1n) is 6.14. The Balaban J connectivity index is 1.76. The molecule has 0 bridgehead atoms. The summed E-state index contributed by atoms with van der Waals surface area (Å²) in [6.07, 6.45) is 2.88. The van der Waals surface area contributed by atoms with Gasteiger partial charge >= 0.3 is 0 Å². The van der Waals surface area contributed by atoms with Gasteiger partial charge in [-0.15, -0.1) is 0 Å². The first-order valence-corrected chi connectivity index (χ1v) is 6.14. The van der Waals surface area contributed by atoms with Crippen molar-refractivity contribution in [1.82, 2.24) is 14.8 Å². The highest BCUT2D eigenvalue weighted by Gasteiger charge is 2.17. The average Bonchev–Trinajstić information content (AvgIpc) is 3.01. The van der Waals surface area contributed by atoms with Gasteiger partial charge in [-0.3, -0.25) is 4.68 Å². The second-order valence-corrected chi connectivity index (χ2v) is 4.65. The molecule has 1 saturated heterocycles. The van der Waals surface area contributed by atoms with E-state index in [1.165, 1.54) is 0 Å². The Morgan fingerprint density at radius 1 is 1.44 bits per heavy atom. The molecule has 1 aromatic carbocycles. The number of rotatable bonds is 3. The number of nitrogens with zero attached hydrogens (tertiary/aromatic N) is 3. The second kappa shape index (κ2) is 4.78. The molecule has 94 valence electrons. The Bertz CT molecular complexity index is 531. The Morgan fingerprint density at radius 2 is 2.39 bits per heavy atom. The number of nitrogen functional groups attached to an aromatic ring is 1. The van der Waals surface area contributed by atoms with Gasteiger partial charge in [0.1, 0.15) is 6.33 Å². The maximum Gasteiger partial charge on any atom is 0.181 e. The van der Waals surface area contributed by atoms with E-state index in [1.54, 1.807) is 6.33 Å². The van der Waals surface area contributed by atoms with Gasteiger partial charge in [0.2, 0.25) is 0 Å². The molecule has 1 unspecified atom stereocenters. The third-order valence-corrected chi connectivity index (χ3v) is 3.15. The Kier molecular flexibility index (Phi) is 2.98. The van der Waals surface area contributed by atoms with Crippen LogP contribution >= 0.6 is 0 Å². The Hall–Kier alpha value is -1.88. The van der Waals surface area contributed by atoms with Gasteiger partial charge in [-0.2, -0.15) is 5.10 Å². The van der Waals surface area contributed by atoms with Crippen LogP contribution in [-0.4, -0.2) is 28.0 Å². The standard InChI is InChI=1S/C13H16N4O/c14-12-3-1-2-11(6-12)13-15-9-17(16-13)7-10-4-5-18-8-10/h1-3,6,9-10H,4-5,7-8,14H2. The summed E-state index contributed by atoms with van der Waals surface area (Å²) < 4.78 is 7.25. The number of nitrogens with two attached hydrogens (primary N) is 1. The average molecular weight is 244 g/mol. The van der Waals surface area contributed by atoms with Gasteiger partial charge in [0.15, 0.2) is 5.82 Å². The summed E-state index contributed by atoms with van der Waals surface area (Å²) >= 11 is 0. The van der Waals surface area contributed by atoms with E-state index in [-0.39, 0.29) is 0 Å². The van der Waals surface area contributed by atoms with Crippen molar-refractivity contribution >= 4 is 5.69 Å². The van der Waals surface area contributed by atoms with Gasteiger partial charge in [-0.25, -0.2) is 4.98 Å². The zero-order valence-corrected chi connectivity index (χ0v) is 10.1. The van der Waals surface area contributed by atoms with Crippen LogP contribution in [0.25, 0.3) is 11.4 Å². The zero-order chi connectivity index (χ0) is 12.4. The molecule has 1 aliphatic rings. The summed E-state index contributed by atoms with van der Waals surface area (Å²) in [6.45, 7) is 2.56. The molecule has 5 heteroatoms. The fraction of sp³-hybridized carbons (Fsp3) is 0.385. The van der Waals surface area contributed by atoms with Crippen molar-refractivity contribution < 1.29 is 4.74 Å². The summed E-state index contributed by atoms with van der Waals surface area (Å²) in [4.78, 5) is 4.33. The van der Waals surface area contributed by atoms with Crippen LogP contribution in [0.15, 0.2) is 30.6 Å². The van der Waals surface area contributed by atoms with Crippen molar-refractivity contribution in [1.29, 1.82) is 0 Å². The third kappa shape index (κ3) is 2.36. The van der Waals surface area contributed by atoms with Gasteiger partial charge in [-0.05, 0) is 18.6 Å². The van der Waals surface area contributed by atoms with Gasteiger partial charge in [0.25, 0.3) is 0 Å². The third-order valence-electron chi connectivity index (χ3n) is 3.15. The molecule has 5 nitrogen and oxygen atoms in total. The molecule has 1 aliphatic heterocycles. The molecule has 3 rings (SSSR count). The van der Waals surface area contributed by atoms with Gasteiger partial charge in [0, 0.05) is 30.3 Å². The lowest BCUT2D eigenvalue weighted by Crippen LogP contribution is -2.11. The number of aromatic nitrogens is 3. The van der Waals surface area contributed by atoms with Crippen LogP contribution in [0, 0.1) is 5.92 Å². The summed E-state index contributed by atoms with van der Waals surface area (Å²) in [5.41, 5.74) is 7.44. The number of ether oxygens (including phenoxy) is 1. The predicted octanol–water partition coefficient (Wildman–Crippen LogP) is 1.56. The number of anilines is 1. The molecular weight excluding hydrogens is 228 g/mol. The minimum Gasteiger partial charge on any atom is -0.399 e. The van der Waals surface area contributed by atoms with Crippen molar-refractivity contribution in [3.05, 3.63) is 30.6 Å². The molecule has 0 aliphatic carbocycles. The maximum absolute atomic E-state index is 5.76. The van der Waals surface area contributed by atoms with E-state index >= 15 is 0 Å². The van der Waals surface area contributed by atoms with E-state index < -0.39 is 0 Å². The van der Waals surface area contributed by atoms with Gasteiger partial charge in [-0.1, -0.05) is 12.1 Å². The number of hydrogen-bond donors (Lipinski definition) is 1. The van der Waals surface area contributed by atoms with E-state index in [1.807, 2.05) is 28.9 Å². The van der Waals surface area contributed by atoms with Crippen LogP contribution in [0.2, 0.25) is 0 Å². The molecule has 18 heavy (non-hydrogen) atoms. The summed E-state index contributed by atoms with van der Waals surface area (Å²) in [6, 6.07) is 7.62. The summed E-state index contributed by atoms with van der Waals surface area (Å²) in [5, 5.41) is 4.48. The Morgan fingerprint density at radius 3 is 3.17 bits per heavy atom. The van der Waals surface area contributed by atoms with Crippen molar-refractivity contribution in [2.24, 2.45) is 5.92 Å². The molecule has 0 radical (unpaired) electrons. The van der Waals surface area contributed by atoms with Crippen molar-refractivity contribution in [2.75, 3.05) is 18.9 Å². The lowest BCUT2D eigenvalue weighted by molar-refractivity contribution is 0.181. The molecular formula is C13H16N4O. The van der Waals surface area contributed by atoms with E-state index in [4.69, 9.17) is 10.5 Å². The van der Waals surface area contributed by atoms with Crippen molar-refractivity contribution in [3.8, 4) is 11.4 Å². The first-order chi connectivity index (χ1) is 8.81. The predicted molar refractivity (Wildman–Crippen MR) is 68.8 cm³/mol. The van der Waals surface area contributed by atoms with Gasteiger partial charge in [0.05, 0.1) is 6.61 Å². The highest BCUT2D eigenvalue weighted by molar-refractivity contribution is 5.60. The van der Waals surface area contributed by atoms with E-state index in [0.717, 1.165) is 43.3 Å². The normalized spacial score (nSPS) is 19.2. The smallest absolute Gasteiger partial charge is 0.181 e. The molecule has 1 fully saturated rings. The minimum atomic E-state index is 0.556.